The van der Waals surface area contributed by atoms with Gasteiger partial charge >= 0.3 is 0 Å². The quantitative estimate of drug-likeness (QED) is 0.732. The van der Waals surface area contributed by atoms with Gasteiger partial charge in [-0.3, -0.25) is 4.79 Å². The Morgan fingerprint density at radius 2 is 1.56 bits per heavy atom. The van der Waals surface area contributed by atoms with Crippen LogP contribution in [-0.2, 0) is 4.79 Å². The highest BCUT2D eigenvalue weighted by Crippen LogP contribution is 2.37. The van der Waals surface area contributed by atoms with E-state index in [2.05, 4.69) is 24.3 Å². The summed E-state index contributed by atoms with van der Waals surface area (Å²) in [4.78, 5) is 11.7. The molecule has 0 radical (unpaired) electrons. The Kier molecular flexibility index (Phi) is 2.55. The molecule has 0 amide bonds. The van der Waals surface area contributed by atoms with Crippen molar-refractivity contribution in [2.45, 2.75) is 50.4 Å². The second kappa shape index (κ2) is 4.04. The number of rotatable bonds is 2. The highest BCUT2D eigenvalue weighted by molar-refractivity contribution is 5.87. The minimum absolute atomic E-state index is 0.204. The molecular weight excluding hydrogens is 196 g/mol. The maximum Gasteiger partial charge on any atom is 0.140 e. The predicted octanol–water partition coefficient (Wildman–Crippen LogP) is 3.79. The van der Waals surface area contributed by atoms with Crippen molar-refractivity contribution in [2.75, 3.05) is 0 Å². The van der Waals surface area contributed by atoms with Crippen molar-refractivity contribution in [3.8, 4) is 0 Å². The number of ketones is 1. The standard InChI is InChI=1S/C15H18O/c16-15-6-2-5-14(15)13-9-7-12(8-10-13)11-3-1-4-11/h7-11,14H,1-6H2. The van der Waals surface area contributed by atoms with Crippen molar-refractivity contribution < 1.29 is 4.79 Å². The van der Waals surface area contributed by atoms with Crippen LogP contribution in [-0.4, -0.2) is 5.78 Å². The van der Waals surface area contributed by atoms with Gasteiger partial charge in [-0.15, -0.1) is 0 Å². The number of hydrogen-bond donors (Lipinski definition) is 0. The third-order valence-electron chi connectivity index (χ3n) is 4.22. The molecule has 0 aliphatic heterocycles. The van der Waals surface area contributed by atoms with E-state index in [1.807, 2.05) is 0 Å². The molecule has 2 fully saturated rings. The Morgan fingerprint density at radius 3 is 2.06 bits per heavy atom. The van der Waals surface area contributed by atoms with Gasteiger partial charge < -0.3 is 0 Å². The first-order valence-electron chi connectivity index (χ1n) is 6.47. The summed E-state index contributed by atoms with van der Waals surface area (Å²) in [6.45, 7) is 0. The van der Waals surface area contributed by atoms with E-state index in [0.717, 1.165) is 25.2 Å². The zero-order chi connectivity index (χ0) is 11.0. The maximum absolute atomic E-state index is 11.7. The van der Waals surface area contributed by atoms with E-state index in [1.54, 1.807) is 0 Å². The summed E-state index contributed by atoms with van der Waals surface area (Å²) < 4.78 is 0. The topological polar surface area (TPSA) is 17.1 Å². The van der Waals surface area contributed by atoms with E-state index in [9.17, 15) is 4.79 Å². The fraction of sp³-hybridized carbons (Fsp3) is 0.533. The first-order valence-corrected chi connectivity index (χ1v) is 6.47. The van der Waals surface area contributed by atoms with E-state index in [4.69, 9.17) is 0 Å². The van der Waals surface area contributed by atoms with Crippen molar-refractivity contribution >= 4 is 5.78 Å². The fourth-order valence-corrected chi connectivity index (χ4v) is 2.91. The Hall–Kier alpha value is -1.11. The molecule has 1 atom stereocenters. The van der Waals surface area contributed by atoms with Crippen LogP contribution in [0, 0.1) is 0 Å². The molecule has 2 saturated carbocycles. The van der Waals surface area contributed by atoms with E-state index >= 15 is 0 Å². The minimum Gasteiger partial charge on any atom is -0.299 e. The molecule has 1 heteroatoms. The van der Waals surface area contributed by atoms with Gasteiger partial charge in [-0.05, 0) is 42.7 Å². The number of hydrogen-bond acceptors (Lipinski definition) is 1. The number of benzene rings is 1. The Morgan fingerprint density at radius 1 is 0.875 bits per heavy atom. The SMILES string of the molecule is O=C1CCCC1c1ccc(C2CCC2)cc1. The Bertz CT molecular complexity index is 386. The molecule has 0 heterocycles. The third kappa shape index (κ3) is 1.68. The molecule has 1 nitrogen and oxygen atoms in total. The third-order valence-corrected chi connectivity index (χ3v) is 4.22. The van der Waals surface area contributed by atoms with Gasteiger partial charge in [0.25, 0.3) is 0 Å². The molecule has 0 aromatic heterocycles. The largest absolute Gasteiger partial charge is 0.299 e. The van der Waals surface area contributed by atoms with Gasteiger partial charge in [-0.1, -0.05) is 30.7 Å². The van der Waals surface area contributed by atoms with Crippen molar-refractivity contribution in [3.05, 3.63) is 35.4 Å². The van der Waals surface area contributed by atoms with Crippen LogP contribution in [0.1, 0.15) is 61.5 Å². The normalized spacial score (nSPS) is 25.8. The van der Waals surface area contributed by atoms with Gasteiger partial charge in [0, 0.05) is 12.3 Å². The highest BCUT2D eigenvalue weighted by atomic mass is 16.1. The molecule has 0 N–H and O–H groups in total. The minimum atomic E-state index is 0.204. The lowest BCUT2D eigenvalue weighted by molar-refractivity contribution is -0.118. The van der Waals surface area contributed by atoms with Gasteiger partial charge in [-0.25, -0.2) is 0 Å². The van der Waals surface area contributed by atoms with Crippen LogP contribution in [0.3, 0.4) is 0 Å². The molecule has 2 aliphatic carbocycles. The molecule has 0 spiro atoms. The van der Waals surface area contributed by atoms with Crippen LogP contribution in [0.4, 0.5) is 0 Å². The second-order valence-corrected chi connectivity index (χ2v) is 5.21. The number of carbonyl (C=O) groups is 1. The molecule has 16 heavy (non-hydrogen) atoms. The Balaban J connectivity index is 1.78. The molecule has 0 saturated heterocycles. The van der Waals surface area contributed by atoms with Gasteiger partial charge in [0.2, 0.25) is 0 Å². The summed E-state index contributed by atoms with van der Waals surface area (Å²) in [7, 11) is 0. The van der Waals surface area contributed by atoms with E-state index in [0.29, 0.717) is 5.78 Å². The maximum atomic E-state index is 11.7. The van der Waals surface area contributed by atoms with Gasteiger partial charge in [0.1, 0.15) is 5.78 Å². The van der Waals surface area contributed by atoms with Crippen molar-refractivity contribution in [2.24, 2.45) is 0 Å². The molecule has 3 rings (SSSR count). The molecule has 1 unspecified atom stereocenters. The molecule has 1 aromatic carbocycles. The van der Waals surface area contributed by atoms with Crippen LogP contribution in [0.5, 0.6) is 0 Å². The first-order chi connectivity index (χ1) is 7.84. The monoisotopic (exact) mass is 214 g/mol. The zero-order valence-electron chi connectivity index (χ0n) is 9.61. The molecule has 2 aliphatic rings. The number of Topliss-reactive ketones (excluding diaryl/α,β-unsaturated/α-hetero) is 1. The molecule has 0 bridgehead atoms. The lowest BCUT2D eigenvalue weighted by atomic mass is 9.79. The van der Waals surface area contributed by atoms with Crippen LogP contribution < -0.4 is 0 Å². The fourth-order valence-electron chi connectivity index (χ4n) is 2.91. The van der Waals surface area contributed by atoms with Crippen LogP contribution in [0.2, 0.25) is 0 Å². The smallest absolute Gasteiger partial charge is 0.140 e. The highest BCUT2D eigenvalue weighted by Gasteiger charge is 2.26. The van der Waals surface area contributed by atoms with Crippen LogP contribution in [0.25, 0.3) is 0 Å². The summed E-state index contributed by atoms with van der Waals surface area (Å²) in [6, 6.07) is 8.85. The summed E-state index contributed by atoms with van der Waals surface area (Å²) in [5.41, 5.74) is 2.71. The molecular formula is C15H18O. The average molecular weight is 214 g/mol. The lowest BCUT2D eigenvalue weighted by Crippen LogP contribution is -2.09. The first kappa shape index (κ1) is 10.1. The summed E-state index contributed by atoms with van der Waals surface area (Å²) >= 11 is 0. The zero-order valence-corrected chi connectivity index (χ0v) is 9.61. The van der Waals surface area contributed by atoms with E-state index in [-0.39, 0.29) is 5.92 Å². The van der Waals surface area contributed by atoms with E-state index in [1.165, 1.54) is 30.4 Å². The summed E-state index contributed by atoms with van der Waals surface area (Å²) in [5, 5.41) is 0. The van der Waals surface area contributed by atoms with Crippen molar-refractivity contribution in [1.82, 2.24) is 0 Å². The van der Waals surface area contributed by atoms with Gasteiger partial charge in [-0.2, -0.15) is 0 Å². The predicted molar refractivity (Wildman–Crippen MR) is 64.6 cm³/mol. The molecule has 84 valence electrons. The van der Waals surface area contributed by atoms with Crippen LogP contribution >= 0.6 is 0 Å². The lowest BCUT2D eigenvalue weighted by Gasteiger charge is -2.26. The summed E-state index contributed by atoms with van der Waals surface area (Å²) in [5.74, 6) is 1.44. The Labute approximate surface area is 96.9 Å². The van der Waals surface area contributed by atoms with Gasteiger partial charge in [0.05, 0.1) is 0 Å². The van der Waals surface area contributed by atoms with Gasteiger partial charge in [0.15, 0.2) is 0 Å². The van der Waals surface area contributed by atoms with E-state index < -0.39 is 0 Å². The van der Waals surface area contributed by atoms with Crippen molar-refractivity contribution in [1.29, 1.82) is 0 Å². The average Bonchev–Trinajstić information content (AvgIpc) is 2.63. The summed E-state index contributed by atoms with van der Waals surface area (Å²) in [6.07, 6.45) is 7.00. The van der Waals surface area contributed by atoms with Crippen LogP contribution in [0.15, 0.2) is 24.3 Å². The molecule has 1 aromatic rings. The number of carbonyl (C=O) groups excluding carboxylic acids is 1. The van der Waals surface area contributed by atoms with Crippen molar-refractivity contribution in [3.63, 3.8) is 0 Å². The second-order valence-electron chi connectivity index (χ2n) is 5.21.